The zero-order valence-electron chi connectivity index (χ0n) is 19.9. The Kier molecular flexibility index (Phi) is 7.54. The first-order valence-electron chi connectivity index (χ1n) is 12.1. The predicted molar refractivity (Wildman–Crippen MR) is 126 cm³/mol. The van der Waals surface area contributed by atoms with Crippen LogP contribution in [-0.4, -0.2) is 43.0 Å². The van der Waals surface area contributed by atoms with E-state index in [1.165, 1.54) is 18.6 Å². The van der Waals surface area contributed by atoms with E-state index in [1.54, 1.807) is 0 Å². The van der Waals surface area contributed by atoms with Gasteiger partial charge in [-0.15, -0.1) is 0 Å². The highest BCUT2D eigenvalue weighted by Crippen LogP contribution is 2.35. The minimum atomic E-state index is -4.68. The standard InChI is InChI=1S/C26H29F6N3O/c1-17-4-3-9-35(16-17)22-7-10-34(11-8-22)23-13-18(12-20(15-23)26(30,31)32)24(36)33-21-6-2-5-19(14-21)25(27,28)29/h2,5-6,12-15,17,22H,3-4,7-11,16H2,1H3,(H,33,36). The number of benzene rings is 2. The SMILES string of the molecule is CC1CCCN(C2CCN(c3cc(C(=O)Nc4cccc(C(F)(F)F)c4)cc(C(F)(F)F)c3)CC2)C1. The Balaban J connectivity index is 1.52. The van der Waals surface area contributed by atoms with Gasteiger partial charge in [0, 0.05) is 42.6 Å². The molecule has 2 heterocycles. The van der Waals surface area contributed by atoms with E-state index in [-0.39, 0.29) is 16.9 Å². The number of halogens is 6. The van der Waals surface area contributed by atoms with Gasteiger partial charge in [-0.2, -0.15) is 26.3 Å². The van der Waals surface area contributed by atoms with E-state index in [4.69, 9.17) is 0 Å². The molecule has 4 nitrogen and oxygen atoms in total. The van der Waals surface area contributed by atoms with Gasteiger partial charge >= 0.3 is 12.4 Å². The minimum absolute atomic E-state index is 0.148. The molecule has 36 heavy (non-hydrogen) atoms. The number of alkyl halides is 6. The van der Waals surface area contributed by atoms with Crippen LogP contribution >= 0.6 is 0 Å². The lowest BCUT2D eigenvalue weighted by Crippen LogP contribution is -2.48. The van der Waals surface area contributed by atoms with Crippen molar-refractivity contribution in [3.05, 3.63) is 59.2 Å². The fraction of sp³-hybridized carbons (Fsp3) is 0.500. The van der Waals surface area contributed by atoms with Gasteiger partial charge in [0.25, 0.3) is 5.91 Å². The first kappa shape index (κ1) is 26.3. The highest BCUT2D eigenvalue weighted by Gasteiger charge is 2.34. The number of amides is 1. The second kappa shape index (κ2) is 10.3. The molecule has 1 amide bonds. The number of nitrogens with one attached hydrogen (secondary N) is 1. The highest BCUT2D eigenvalue weighted by atomic mass is 19.4. The van der Waals surface area contributed by atoms with E-state index < -0.39 is 29.4 Å². The van der Waals surface area contributed by atoms with Crippen molar-refractivity contribution in [3.63, 3.8) is 0 Å². The lowest BCUT2D eigenvalue weighted by molar-refractivity contribution is -0.138. The number of rotatable bonds is 4. The zero-order chi connectivity index (χ0) is 26.1. The molecule has 2 saturated heterocycles. The van der Waals surface area contributed by atoms with Crippen LogP contribution in [0.4, 0.5) is 37.7 Å². The fourth-order valence-electron chi connectivity index (χ4n) is 5.11. The summed E-state index contributed by atoms with van der Waals surface area (Å²) in [6.45, 7) is 5.43. The van der Waals surface area contributed by atoms with Crippen LogP contribution in [0.25, 0.3) is 0 Å². The molecule has 0 bridgehead atoms. The third-order valence-electron chi connectivity index (χ3n) is 6.99. The maximum absolute atomic E-state index is 13.6. The summed E-state index contributed by atoms with van der Waals surface area (Å²) in [4.78, 5) is 17.1. The molecule has 1 unspecified atom stereocenters. The maximum atomic E-state index is 13.6. The number of hydrogen-bond acceptors (Lipinski definition) is 3. The molecule has 196 valence electrons. The second-order valence-electron chi connectivity index (χ2n) is 9.76. The molecule has 0 aliphatic carbocycles. The normalized spacial score (nSPS) is 20.4. The molecule has 1 atom stereocenters. The number of anilines is 2. The van der Waals surface area contributed by atoms with Crippen LogP contribution in [0.3, 0.4) is 0 Å². The summed E-state index contributed by atoms with van der Waals surface area (Å²) in [5.41, 5.74) is -2.06. The topological polar surface area (TPSA) is 35.6 Å². The molecular formula is C26H29F6N3O. The average Bonchev–Trinajstić information content (AvgIpc) is 2.83. The first-order valence-corrected chi connectivity index (χ1v) is 12.1. The van der Waals surface area contributed by atoms with E-state index in [9.17, 15) is 31.1 Å². The average molecular weight is 514 g/mol. The Labute approximate surface area is 206 Å². The molecule has 4 rings (SSSR count). The largest absolute Gasteiger partial charge is 0.416 e. The van der Waals surface area contributed by atoms with Gasteiger partial charge in [0.15, 0.2) is 0 Å². The van der Waals surface area contributed by atoms with Crippen LogP contribution in [0.5, 0.6) is 0 Å². The summed E-state index contributed by atoms with van der Waals surface area (Å²) >= 11 is 0. The number of hydrogen-bond donors (Lipinski definition) is 1. The molecule has 0 spiro atoms. The van der Waals surface area contributed by atoms with Crippen LogP contribution in [-0.2, 0) is 12.4 Å². The Hall–Kier alpha value is -2.75. The van der Waals surface area contributed by atoms with E-state index in [2.05, 4.69) is 17.1 Å². The van der Waals surface area contributed by atoms with Crippen LogP contribution in [0, 0.1) is 5.92 Å². The van der Waals surface area contributed by atoms with E-state index >= 15 is 0 Å². The van der Waals surface area contributed by atoms with Gasteiger partial charge in [-0.25, -0.2) is 0 Å². The first-order chi connectivity index (χ1) is 16.9. The monoisotopic (exact) mass is 513 g/mol. The van der Waals surface area contributed by atoms with Crippen molar-refractivity contribution in [3.8, 4) is 0 Å². The smallest absolute Gasteiger partial charge is 0.371 e. The lowest BCUT2D eigenvalue weighted by Gasteiger charge is -2.42. The molecule has 0 saturated carbocycles. The van der Waals surface area contributed by atoms with Crippen LogP contribution < -0.4 is 10.2 Å². The molecular weight excluding hydrogens is 484 g/mol. The van der Waals surface area contributed by atoms with Gasteiger partial charge in [-0.05, 0) is 74.5 Å². The van der Waals surface area contributed by atoms with Gasteiger partial charge in [0.1, 0.15) is 0 Å². The van der Waals surface area contributed by atoms with Crippen molar-refractivity contribution in [1.29, 1.82) is 0 Å². The third kappa shape index (κ3) is 6.32. The minimum Gasteiger partial charge on any atom is -0.371 e. The molecule has 0 radical (unpaired) electrons. The number of likely N-dealkylation sites (tertiary alicyclic amines) is 1. The van der Waals surface area contributed by atoms with Gasteiger partial charge in [0.05, 0.1) is 11.1 Å². The summed E-state index contributed by atoms with van der Waals surface area (Å²) in [5, 5.41) is 2.30. The molecule has 10 heteroatoms. The Morgan fingerprint density at radius 2 is 1.58 bits per heavy atom. The fourth-order valence-corrected chi connectivity index (χ4v) is 5.11. The third-order valence-corrected chi connectivity index (χ3v) is 6.99. The van der Waals surface area contributed by atoms with Crippen LogP contribution in [0.1, 0.15) is 54.1 Å². The second-order valence-corrected chi connectivity index (χ2v) is 9.76. The summed E-state index contributed by atoms with van der Waals surface area (Å²) in [6.07, 6.45) is -5.29. The van der Waals surface area contributed by atoms with Crippen molar-refractivity contribution in [1.82, 2.24) is 4.90 Å². The van der Waals surface area contributed by atoms with Gasteiger partial charge < -0.3 is 10.2 Å². The maximum Gasteiger partial charge on any atom is 0.416 e. The molecule has 2 fully saturated rings. The number of piperidine rings is 2. The zero-order valence-corrected chi connectivity index (χ0v) is 19.9. The van der Waals surface area contributed by atoms with Gasteiger partial charge in [-0.1, -0.05) is 13.0 Å². The Bertz CT molecular complexity index is 1080. The molecule has 2 aliphatic heterocycles. The van der Waals surface area contributed by atoms with Gasteiger partial charge in [0.2, 0.25) is 0 Å². The van der Waals surface area contributed by atoms with Gasteiger partial charge in [-0.3, -0.25) is 9.69 Å². The predicted octanol–water partition coefficient (Wildman–Crippen LogP) is 6.68. The lowest BCUT2D eigenvalue weighted by atomic mass is 9.95. The van der Waals surface area contributed by atoms with Crippen molar-refractivity contribution < 1.29 is 31.1 Å². The van der Waals surface area contributed by atoms with E-state index in [0.29, 0.717) is 25.0 Å². The number of nitrogens with zero attached hydrogens (tertiary/aromatic N) is 2. The Morgan fingerprint density at radius 3 is 2.22 bits per heavy atom. The van der Waals surface area contributed by atoms with Crippen molar-refractivity contribution in [2.75, 3.05) is 36.4 Å². The summed E-state index contributed by atoms with van der Waals surface area (Å²) in [5.74, 6) is -0.267. The summed E-state index contributed by atoms with van der Waals surface area (Å²) in [7, 11) is 0. The quantitative estimate of drug-likeness (QED) is 0.464. The van der Waals surface area contributed by atoms with E-state index in [1.807, 2.05) is 4.90 Å². The van der Waals surface area contributed by atoms with Crippen LogP contribution in [0.15, 0.2) is 42.5 Å². The van der Waals surface area contributed by atoms with E-state index in [0.717, 1.165) is 62.7 Å². The van der Waals surface area contributed by atoms with Crippen molar-refractivity contribution in [2.24, 2.45) is 5.92 Å². The Morgan fingerprint density at radius 1 is 0.889 bits per heavy atom. The molecule has 2 aromatic carbocycles. The number of carbonyl (C=O) groups is 1. The molecule has 2 aromatic rings. The highest BCUT2D eigenvalue weighted by molar-refractivity contribution is 6.05. The molecule has 2 aliphatic rings. The summed E-state index contributed by atoms with van der Waals surface area (Å²) in [6, 6.07) is 7.51. The molecule has 1 N–H and O–H groups in total. The summed E-state index contributed by atoms with van der Waals surface area (Å²) < 4.78 is 79.9. The molecule has 0 aromatic heterocycles. The van der Waals surface area contributed by atoms with Crippen LogP contribution in [0.2, 0.25) is 0 Å². The van der Waals surface area contributed by atoms with Crippen molar-refractivity contribution >= 4 is 17.3 Å². The van der Waals surface area contributed by atoms with Crippen molar-refractivity contribution in [2.45, 2.75) is 51.0 Å². The number of carbonyl (C=O) groups excluding carboxylic acids is 1.